The molecule has 1 saturated heterocycles. The Morgan fingerprint density at radius 1 is 1.39 bits per heavy atom. The van der Waals surface area contributed by atoms with Gasteiger partial charge in [-0.15, -0.1) is 12.4 Å². The average Bonchev–Trinajstić information content (AvgIpc) is 2.70. The number of likely N-dealkylation sites (tertiary alicyclic amines) is 1. The van der Waals surface area contributed by atoms with Crippen LogP contribution in [0.2, 0.25) is 0 Å². The lowest BCUT2D eigenvalue weighted by atomic mass is 10.1. The van der Waals surface area contributed by atoms with E-state index in [0.29, 0.717) is 18.7 Å². The lowest BCUT2D eigenvalue weighted by Gasteiger charge is -2.15. The normalized spacial score (nSPS) is 18.6. The molecular weight excluding hydrogens is 262 g/mol. The standard InChI is InChI=1S/C12H14F2N2O.ClH/c13-10-2-1-8(5-11(10)14)6-12(17)16-4-3-9(15)7-16;/h1-2,5,9H,3-4,6-7,15H2;1H/t9-;/m0./s1. The molecule has 1 aliphatic rings. The molecule has 1 heterocycles. The van der Waals surface area contributed by atoms with Crippen LogP contribution < -0.4 is 5.73 Å². The summed E-state index contributed by atoms with van der Waals surface area (Å²) in [6.07, 6.45) is 0.882. The van der Waals surface area contributed by atoms with Crippen molar-refractivity contribution in [2.45, 2.75) is 18.9 Å². The Hall–Kier alpha value is -1.20. The molecule has 1 amide bonds. The highest BCUT2D eigenvalue weighted by molar-refractivity contribution is 5.85. The van der Waals surface area contributed by atoms with E-state index in [4.69, 9.17) is 5.73 Å². The van der Waals surface area contributed by atoms with Gasteiger partial charge in [0.15, 0.2) is 11.6 Å². The maximum Gasteiger partial charge on any atom is 0.227 e. The van der Waals surface area contributed by atoms with Gasteiger partial charge in [-0.2, -0.15) is 0 Å². The first kappa shape index (κ1) is 14.9. The van der Waals surface area contributed by atoms with Crippen LogP contribution in [0.15, 0.2) is 18.2 Å². The van der Waals surface area contributed by atoms with Crippen LogP contribution in [-0.2, 0) is 11.2 Å². The number of rotatable bonds is 2. The molecular formula is C12H15ClF2N2O. The van der Waals surface area contributed by atoms with Crippen LogP contribution >= 0.6 is 12.4 Å². The fourth-order valence-electron chi connectivity index (χ4n) is 1.95. The van der Waals surface area contributed by atoms with Crippen LogP contribution in [0.1, 0.15) is 12.0 Å². The predicted octanol–water partition coefficient (Wildman–Crippen LogP) is 1.49. The molecule has 18 heavy (non-hydrogen) atoms. The first-order valence-electron chi connectivity index (χ1n) is 5.53. The van der Waals surface area contributed by atoms with Gasteiger partial charge < -0.3 is 10.6 Å². The third kappa shape index (κ3) is 3.40. The van der Waals surface area contributed by atoms with Gasteiger partial charge >= 0.3 is 0 Å². The van der Waals surface area contributed by atoms with Crippen LogP contribution in [0.4, 0.5) is 8.78 Å². The summed E-state index contributed by atoms with van der Waals surface area (Å²) in [6.45, 7) is 1.19. The highest BCUT2D eigenvalue weighted by Gasteiger charge is 2.23. The Bertz CT molecular complexity index is 442. The van der Waals surface area contributed by atoms with Crippen molar-refractivity contribution in [1.82, 2.24) is 4.90 Å². The third-order valence-corrected chi connectivity index (χ3v) is 2.92. The van der Waals surface area contributed by atoms with E-state index >= 15 is 0 Å². The second kappa shape index (κ2) is 6.11. The van der Waals surface area contributed by atoms with Crippen molar-refractivity contribution in [3.63, 3.8) is 0 Å². The van der Waals surface area contributed by atoms with Crippen LogP contribution in [0.3, 0.4) is 0 Å². The van der Waals surface area contributed by atoms with Gasteiger partial charge in [0.2, 0.25) is 5.91 Å². The summed E-state index contributed by atoms with van der Waals surface area (Å²) < 4.78 is 25.7. The van der Waals surface area contributed by atoms with Crippen molar-refractivity contribution in [3.05, 3.63) is 35.4 Å². The molecule has 0 bridgehead atoms. The maximum atomic E-state index is 12.9. The van der Waals surface area contributed by atoms with E-state index in [0.717, 1.165) is 18.6 Å². The zero-order valence-corrected chi connectivity index (χ0v) is 10.6. The SMILES string of the molecule is Cl.N[C@H]1CCN(C(=O)Cc2ccc(F)c(F)c2)C1. The highest BCUT2D eigenvalue weighted by atomic mass is 35.5. The fraction of sp³-hybridized carbons (Fsp3) is 0.417. The van der Waals surface area contributed by atoms with Crippen molar-refractivity contribution in [1.29, 1.82) is 0 Å². The van der Waals surface area contributed by atoms with E-state index in [1.165, 1.54) is 6.07 Å². The van der Waals surface area contributed by atoms with E-state index in [1.54, 1.807) is 4.90 Å². The fourth-order valence-corrected chi connectivity index (χ4v) is 1.95. The number of carbonyl (C=O) groups is 1. The third-order valence-electron chi connectivity index (χ3n) is 2.92. The Kier molecular flexibility index (Phi) is 5.04. The minimum absolute atomic E-state index is 0. The van der Waals surface area contributed by atoms with Gasteiger partial charge in [0.25, 0.3) is 0 Å². The molecule has 3 nitrogen and oxygen atoms in total. The molecule has 6 heteroatoms. The van der Waals surface area contributed by atoms with Crippen LogP contribution in [0.5, 0.6) is 0 Å². The number of nitrogens with two attached hydrogens (primary N) is 1. The summed E-state index contributed by atoms with van der Waals surface area (Å²) in [5.41, 5.74) is 6.18. The molecule has 100 valence electrons. The van der Waals surface area contributed by atoms with E-state index in [2.05, 4.69) is 0 Å². The molecule has 0 radical (unpaired) electrons. The average molecular weight is 277 g/mol. The number of nitrogens with zero attached hydrogens (tertiary/aromatic N) is 1. The Balaban J connectivity index is 0.00000162. The molecule has 2 rings (SSSR count). The minimum Gasteiger partial charge on any atom is -0.341 e. The molecule has 2 N–H and O–H groups in total. The van der Waals surface area contributed by atoms with Crippen LogP contribution in [0.25, 0.3) is 0 Å². The van der Waals surface area contributed by atoms with E-state index < -0.39 is 11.6 Å². The molecule has 1 fully saturated rings. The molecule has 0 aliphatic carbocycles. The summed E-state index contributed by atoms with van der Waals surface area (Å²) >= 11 is 0. The summed E-state index contributed by atoms with van der Waals surface area (Å²) in [4.78, 5) is 13.5. The largest absolute Gasteiger partial charge is 0.341 e. The van der Waals surface area contributed by atoms with Gasteiger partial charge in [-0.25, -0.2) is 8.78 Å². The molecule has 1 aliphatic heterocycles. The van der Waals surface area contributed by atoms with Gasteiger partial charge in [0, 0.05) is 19.1 Å². The topological polar surface area (TPSA) is 46.3 Å². The van der Waals surface area contributed by atoms with E-state index in [1.807, 2.05) is 0 Å². The lowest BCUT2D eigenvalue weighted by Crippen LogP contribution is -2.32. The van der Waals surface area contributed by atoms with Crippen molar-refractivity contribution < 1.29 is 13.6 Å². The number of carbonyl (C=O) groups excluding carboxylic acids is 1. The van der Waals surface area contributed by atoms with Crippen LogP contribution in [-0.4, -0.2) is 29.9 Å². The molecule has 0 aromatic heterocycles. The van der Waals surface area contributed by atoms with Crippen molar-refractivity contribution in [3.8, 4) is 0 Å². The Morgan fingerprint density at radius 3 is 2.67 bits per heavy atom. The first-order chi connectivity index (χ1) is 8.06. The van der Waals surface area contributed by atoms with Gasteiger partial charge in [-0.05, 0) is 24.1 Å². The van der Waals surface area contributed by atoms with Gasteiger partial charge in [0.05, 0.1) is 6.42 Å². The zero-order valence-electron chi connectivity index (χ0n) is 9.73. The minimum atomic E-state index is -0.923. The number of benzene rings is 1. The van der Waals surface area contributed by atoms with E-state index in [-0.39, 0.29) is 30.8 Å². The lowest BCUT2D eigenvalue weighted by molar-refractivity contribution is -0.129. The number of halogens is 3. The van der Waals surface area contributed by atoms with Crippen LogP contribution in [0, 0.1) is 11.6 Å². The molecule has 1 atom stereocenters. The zero-order chi connectivity index (χ0) is 12.4. The second-order valence-electron chi connectivity index (χ2n) is 4.31. The quantitative estimate of drug-likeness (QED) is 0.890. The molecule has 1 aromatic rings. The van der Waals surface area contributed by atoms with Crippen molar-refractivity contribution >= 4 is 18.3 Å². The molecule has 1 aromatic carbocycles. The summed E-state index contributed by atoms with van der Waals surface area (Å²) in [7, 11) is 0. The van der Waals surface area contributed by atoms with Gasteiger partial charge in [0.1, 0.15) is 0 Å². The molecule has 0 unspecified atom stereocenters. The van der Waals surface area contributed by atoms with Crippen molar-refractivity contribution in [2.75, 3.05) is 13.1 Å². The maximum absolute atomic E-state index is 12.9. The summed E-state index contributed by atoms with van der Waals surface area (Å²) in [5.74, 6) is -1.92. The summed E-state index contributed by atoms with van der Waals surface area (Å²) in [6, 6.07) is 3.55. The highest BCUT2D eigenvalue weighted by Crippen LogP contribution is 2.13. The smallest absolute Gasteiger partial charge is 0.227 e. The van der Waals surface area contributed by atoms with Gasteiger partial charge in [-0.1, -0.05) is 6.07 Å². The van der Waals surface area contributed by atoms with E-state index in [9.17, 15) is 13.6 Å². The number of hydrogen-bond acceptors (Lipinski definition) is 2. The first-order valence-corrected chi connectivity index (χ1v) is 5.53. The monoisotopic (exact) mass is 276 g/mol. The summed E-state index contributed by atoms with van der Waals surface area (Å²) in [5, 5.41) is 0. The number of amides is 1. The van der Waals surface area contributed by atoms with Gasteiger partial charge in [-0.3, -0.25) is 4.79 Å². The number of hydrogen-bond donors (Lipinski definition) is 1. The Morgan fingerprint density at radius 2 is 2.11 bits per heavy atom. The second-order valence-corrected chi connectivity index (χ2v) is 4.31. The molecule has 0 saturated carbocycles. The molecule has 0 spiro atoms. The predicted molar refractivity (Wildman–Crippen MR) is 66.5 cm³/mol. The van der Waals surface area contributed by atoms with Crippen molar-refractivity contribution in [2.24, 2.45) is 5.73 Å². The Labute approximate surface area is 110 Å².